The van der Waals surface area contributed by atoms with Gasteiger partial charge in [0.1, 0.15) is 11.5 Å². The lowest BCUT2D eigenvalue weighted by Gasteiger charge is -2.03. The van der Waals surface area contributed by atoms with Gasteiger partial charge in [-0.15, -0.1) is 0 Å². The zero-order valence-corrected chi connectivity index (χ0v) is 12.2. The van der Waals surface area contributed by atoms with Gasteiger partial charge in [-0.3, -0.25) is 4.79 Å². The number of amidine groups is 1. The van der Waals surface area contributed by atoms with Crippen molar-refractivity contribution in [1.29, 1.82) is 0 Å². The van der Waals surface area contributed by atoms with Crippen LogP contribution in [-0.2, 0) is 4.79 Å². The van der Waals surface area contributed by atoms with Crippen LogP contribution in [0.4, 0.5) is 0 Å². The van der Waals surface area contributed by atoms with Crippen molar-refractivity contribution in [1.82, 2.24) is 5.32 Å². The number of hydrogen-bond acceptors (Lipinski definition) is 2. The maximum absolute atomic E-state index is 12.0. The number of nitrogens with zero attached hydrogens (tertiary/aromatic N) is 1. The first kappa shape index (κ1) is 13.6. The van der Waals surface area contributed by atoms with E-state index in [4.69, 9.17) is 11.6 Å². The zero-order valence-electron chi connectivity index (χ0n) is 11.4. The van der Waals surface area contributed by atoms with Crippen molar-refractivity contribution in [3.63, 3.8) is 0 Å². The van der Waals surface area contributed by atoms with Crippen LogP contribution >= 0.6 is 11.6 Å². The lowest BCUT2D eigenvalue weighted by atomic mass is 10.1. The van der Waals surface area contributed by atoms with Crippen LogP contribution in [0.15, 0.2) is 59.2 Å². The molecule has 0 unspecified atom stereocenters. The Bertz CT molecular complexity index is 761. The molecule has 1 amide bonds. The number of benzene rings is 2. The molecule has 0 radical (unpaired) electrons. The van der Waals surface area contributed by atoms with Crippen molar-refractivity contribution in [3.05, 3.63) is 75.9 Å². The van der Waals surface area contributed by atoms with E-state index in [0.717, 1.165) is 16.7 Å². The topological polar surface area (TPSA) is 41.5 Å². The molecule has 3 nitrogen and oxygen atoms in total. The second-order valence-corrected chi connectivity index (χ2v) is 5.25. The van der Waals surface area contributed by atoms with Crippen molar-refractivity contribution in [2.75, 3.05) is 0 Å². The van der Waals surface area contributed by atoms with Crippen LogP contribution < -0.4 is 5.32 Å². The van der Waals surface area contributed by atoms with Crippen molar-refractivity contribution >= 4 is 29.4 Å². The third-order valence-corrected chi connectivity index (χ3v) is 3.52. The van der Waals surface area contributed by atoms with Gasteiger partial charge in [-0.25, -0.2) is 4.99 Å². The van der Waals surface area contributed by atoms with Crippen LogP contribution in [0.2, 0.25) is 5.02 Å². The summed E-state index contributed by atoms with van der Waals surface area (Å²) in [5, 5.41) is 3.47. The van der Waals surface area contributed by atoms with Crippen molar-refractivity contribution in [2.24, 2.45) is 4.99 Å². The van der Waals surface area contributed by atoms with Crippen molar-refractivity contribution < 1.29 is 4.79 Å². The number of nitrogens with one attached hydrogen (secondary N) is 1. The largest absolute Gasteiger partial charge is 0.305 e. The maximum atomic E-state index is 12.0. The molecule has 2 aromatic rings. The highest BCUT2D eigenvalue weighted by molar-refractivity contribution is 6.30. The smallest absolute Gasteiger partial charge is 0.275 e. The van der Waals surface area contributed by atoms with Crippen LogP contribution in [0.5, 0.6) is 0 Å². The first-order valence-corrected chi connectivity index (χ1v) is 6.94. The summed E-state index contributed by atoms with van der Waals surface area (Å²) in [4.78, 5) is 16.4. The Morgan fingerprint density at radius 3 is 2.52 bits per heavy atom. The molecule has 21 heavy (non-hydrogen) atoms. The third kappa shape index (κ3) is 2.88. The van der Waals surface area contributed by atoms with E-state index in [1.807, 2.05) is 43.3 Å². The fourth-order valence-electron chi connectivity index (χ4n) is 2.15. The second kappa shape index (κ2) is 5.54. The van der Waals surface area contributed by atoms with Gasteiger partial charge < -0.3 is 5.32 Å². The SMILES string of the molecule is Cc1ccccc1C1=N/C(=C/c2ccc(Cl)cc2)C(=O)N1. The van der Waals surface area contributed by atoms with Gasteiger partial charge in [-0.05, 0) is 36.3 Å². The lowest BCUT2D eigenvalue weighted by Crippen LogP contribution is -2.25. The van der Waals surface area contributed by atoms with E-state index in [1.54, 1.807) is 18.2 Å². The summed E-state index contributed by atoms with van der Waals surface area (Å²) in [6, 6.07) is 15.1. The summed E-state index contributed by atoms with van der Waals surface area (Å²) in [5.74, 6) is 0.404. The van der Waals surface area contributed by atoms with E-state index in [0.29, 0.717) is 16.6 Å². The van der Waals surface area contributed by atoms with E-state index in [9.17, 15) is 4.79 Å². The van der Waals surface area contributed by atoms with E-state index < -0.39 is 0 Å². The fraction of sp³-hybridized carbons (Fsp3) is 0.0588. The first-order chi connectivity index (χ1) is 10.1. The minimum Gasteiger partial charge on any atom is -0.305 e. The van der Waals surface area contributed by atoms with Crippen molar-refractivity contribution in [2.45, 2.75) is 6.92 Å². The predicted molar refractivity (Wildman–Crippen MR) is 85.3 cm³/mol. The Labute approximate surface area is 128 Å². The monoisotopic (exact) mass is 296 g/mol. The summed E-state index contributed by atoms with van der Waals surface area (Å²) < 4.78 is 0. The number of rotatable bonds is 2. The molecule has 1 N–H and O–H groups in total. The maximum Gasteiger partial charge on any atom is 0.275 e. The molecule has 1 heterocycles. The minimum atomic E-state index is -0.191. The molecule has 0 saturated heterocycles. The number of hydrogen-bond donors (Lipinski definition) is 1. The number of aryl methyl sites for hydroxylation is 1. The number of aliphatic imine (C=N–C) groups is 1. The molecule has 0 fully saturated rings. The predicted octanol–water partition coefficient (Wildman–Crippen LogP) is 3.57. The molecule has 2 aromatic carbocycles. The summed E-state index contributed by atoms with van der Waals surface area (Å²) >= 11 is 5.85. The molecule has 0 aliphatic carbocycles. The lowest BCUT2D eigenvalue weighted by molar-refractivity contribution is -0.115. The van der Waals surface area contributed by atoms with Gasteiger partial charge in [0.05, 0.1) is 0 Å². The first-order valence-electron chi connectivity index (χ1n) is 6.57. The molecule has 3 rings (SSSR count). The normalized spacial score (nSPS) is 16.0. The average Bonchev–Trinajstić information content (AvgIpc) is 2.83. The highest BCUT2D eigenvalue weighted by Gasteiger charge is 2.21. The van der Waals surface area contributed by atoms with E-state index in [-0.39, 0.29) is 5.91 Å². The van der Waals surface area contributed by atoms with E-state index in [1.165, 1.54) is 0 Å². The Balaban J connectivity index is 1.96. The number of carbonyl (C=O) groups is 1. The minimum absolute atomic E-state index is 0.191. The Morgan fingerprint density at radius 1 is 1.10 bits per heavy atom. The molecule has 0 aromatic heterocycles. The van der Waals surface area contributed by atoms with Crippen molar-refractivity contribution in [3.8, 4) is 0 Å². The molecule has 0 bridgehead atoms. The highest BCUT2D eigenvalue weighted by atomic mass is 35.5. The molecule has 0 saturated carbocycles. The second-order valence-electron chi connectivity index (χ2n) is 4.81. The van der Waals surface area contributed by atoms with Gasteiger partial charge in [-0.2, -0.15) is 0 Å². The third-order valence-electron chi connectivity index (χ3n) is 3.27. The number of amides is 1. The summed E-state index contributed by atoms with van der Waals surface area (Å²) in [6.45, 7) is 1.99. The average molecular weight is 297 g/mol. The highest BCUT2D eigenvalue weighted by Crippen LogP contribution is 2.18. The van der Waals surface area contributed by atoms with Gasteiger partial charge in [0, 0.05) is 10.6 Å². The fourth-order valence-corrected chi connectivity index (χ4v) is 2.28. The Hall–Kier alpha value is -2.39. The molecule has 0 atom stereocenters. The molecule has 1 aliphatic heterocycles. The van der Waals surface area contributed by atoms with Gasteiger partial charge in [0.2, 0.25) is 0 Å². The zero-order chi connectivity index (χ0) is 14.8. The summed E-state index contributed by atoms with van der Waals surface area (Å²) in [7, 11) is 0. The van der Waals surface area contributed by atoms with Gasteiger partial charge >= 0.3 is 0 Å². The molecular weight excluding hydrogens is 284 g/mol. The standard InChI is InChI=1S/C17H13ClN2O/c1-11-4-2-3-5-14(11)16-19-15(17(21)20-16)10-12-6-8-13(18)9-7-12/h2-10H,1H3,(H,19,20,21)/b15-10+. The molecule has 4 heteroatoms. The van der Waals surface area contributed by atoms with Gasteiger partial charge in [-0.1, -0.05) is 48.0 Å². The Morgan fingerprint density at radius 2 is 1.81 bits per heavy atom. The number of halogens is 1. The van der Waals surface area contributed by atoms with E-state index in [2.05, 4.69) is 10.3 Å². The quantitative estimate of drug-likeness (QED) is 0.846. The molecule has 0 spiro atoms. The summed E-state index contributed by atoms with van der Waals surface area (Å²) in [6.07, 6.45) is 1.75. The van der Waals surface area contributed by atoms with Gasteiger partial charge in [0.15, 0.2) is 0 Å². The van der Waals surface area contributed by atoms with Crippen LogP contribution in [0, 0.1) is 6.92 Å². The van der Waals surface area contributed by atoms with E-state index >= 15 is 0 Å². The molecule has 104 valence electrons. The number of carbonyl (C=O) groups excluding carboxylic acids is 1. The van der Waals surface area contributed by atoms with Crippen LogP contribution in [0.3, 0.4) is 0 Å². The van der Waals surface area contributed by atoms with Gasteiger partial charge in [0.25, 0.3) is 5.91 Å². The summed E-state index contributed by atoms with van der Waals surface area (Å²) in [5.41, 5.74) is 3.30. The van der Waals surface area contributed by atoms with Crippen LogP contribution in [0.1, 0.15) is 16.7 Å². The van der Waals surface area contributed by atoms with Crippen LogP contribution in [-0.4, -0.2) is 11.7 Å². The molecule has 1 aliphatic rings. The van der Waals surface area contributed by atoms with Crippen LogP contribution in [0.25, 0.3) is 6.08 Å². The molecular formula is C17H13ClN2O. The Kier molecular flexibility index (Phi) is 3.59.